The van der Waals surface area contributed by atoms with Crippen LogP contribution in [0.4, 0.5) is 0 Å². The van der Waals surface area contributed by atoms with Crippen LogP contribution in [-0.4, -0.2) is 99.6 Å². The van der Waals surface area contributed by atoms with E-state index >= 15 is 0 Å². The van der Waals surface area contributed by atoms with Crippen molar-refractivity contribution in [1.82, 2.24) is 20.4 Å². The standard InChI is InChI=1S/C21H43N5O2.HI/c1-6-22-21(23-8-9-26(17(2)3)18(4)5)24-15-20(19-7-12-28-16-19)25-10-13-27-14-11-25;/h17-20H,6-16H2,1-5H3,(H2,22,23,24);1H. The van der Waals surface area contributed by atoms with Gasteiger partial charge in [0.15, 0.2) is 5.96 Å². The van der Waals surface area contributed by atoms with E-state index in [0.29, 0.717) is 24.0 Å². The lowest BCUT2D eigenvalue weighted by atomic mass is 9.97. The lowest BCUT2D eigenvalue weighted by molar-refractivity contribution is 0.00368. The summed E-state index contributed by atoms with van der Waals surface area (Å²) in [6.45, 7) is 20.1. The SMILES string of the molecule is CCNC(=NCC(C1CCOC1)N1CCOCC1)NCCN(C(C)C)C(C)C.I. The van der Waals surface area contributed by atoms with E-state index in [1.807, 2.05) is 0 Å². The quantitative estimate of drug-likeness (QED) is 0.259. The van der Waals surface area contributed by atoms with E-state index in [1.54, 1.807) is 0 Å². The molecule has 0 radical (unpaired) electrons. The van der Waals surface area contributed by atoms with Crippen LogP contribution in [0.3, 0.4) is 0 Å². The molecule has 29 heavy (non-hydrogen) atoms. The zero-order valence-electron chi connectivity index (χ0n) is 19.2. The summed E-state index contributed by atoms with van der Waals surface area (Å²) in [5.41, 5.74) is 0. The van der Waals surface area contributed by atoms with Crippen LogP contribution in [-0.2, 0) is 9.47 Å². The van der Waals surface area contributed by atoms with Crippen molar-refractivity contribution in [2.24, 2.45) is 10.9 Å². The molecule has 2 atom stereocenters. The lowest BCUT2D eigenvalue weighted by Gasteiger charge is -2.36. The molecule has 0 amide bonds. The fraction of sp³-hybridized carbons (Fsp3) is 0.952. The summed E-state index contributed by atoms with van der Waals surface area (Å²) in [5.74, 6) is 1.49. The molecule has 0 spiro atoms. The first-order valence-corrected chi connectivity index (χ1v) is 11.2. The van der Waals surface area contributed by atoms with E-state index in [9.17, 15) is 0 Å². The molecule has 0 aromatic heterocycles. The van der Waals surface area contributed by atoms with Crippen molar-refractivity contribution < 1.29 is 9.47 Å². The minimum atomic E-state index is 0. The Labute approximate surface area is 195 Å². The number of aliphatic imine (C=N–C) groups is 1. The van der Waals surface area contributed by atoms with Crippen molar-refractivity contribution in [1.29, 1.82) is 0 Å². The molecule has 2 fully saturated rings. The first-order chi connectivity index (χ1) is 13.5. The summed E-state index contributed by atoms with van der Waals surface area (Å²) in [7, 11) is 0. The largest absolute Gasteiger partial charge is 0.381 e. The van der Waals surface area contributed by atoms with Crippen LogP contribution >= 0.6 is 24.0 Å². The lowest BCUT2D eigenvalue weighted by Crippen LogP contribution is -2.50. The van der Waals surface area contributed by atoms with Crippen LogP contribution in [0.1, 0.15) is 41.0 Å². The molecule has 0 bridgehead atoms. The third-order valence-electron chi connectivity index (χ3n) is 5.79. The molecule has 2 aliphatic heterocycles. The van der Waals surface area contributed by atoms with Crippen LogP contribution < -0.4 is 10.6 Å². The Morgan fingerprint density at radius 1 is 1.07 bits per heavy atom. The average Bonchev–Trinajstić information content (AvgIpc) is 3.20. The molecule has 8 heteroatoms. The molecule has 2 rings (SSSR count). The highest BCUT2D eigenvalue weighted by Gasteiger charge is 2.31. The maximum absolute atomic E-state index is 5.68. The first-order valence-electron chi connectivity index (χ1n) is 11.2. The van der Waals surface area contributed by atoms with Crippen LogP contribution in [0.2, 0.25) is 0 Å². The molecular weight excluding hydrogens is 481 g/mol. The fourth-order valence-electron chi connectivity index (χ4n) is 4.27. The van der Waals surface area contributed by atoms with E-state index in [0.717, 1.165) is 78.1 Å². The van der Waals surface area contributed by atoms with Gasteiger partial charge in [0, 0.05) is 63.4 Å². The second kappa shape index (κ2) is 14.8. The monoisotopic (exact) mass is 525 g/mol. The van der Waals surface area contributed by atoms with Gasteiger partial charge in [0.2, 0.25) is 0 Å². The zero-order chi connectivity index (χ0) is 20.4. The third-order valence-corrected chi connectivity index (χ3v) is 5.79. The Bertz CT molecular complexity index is 444. The molecule has 2 aliphatic rings. The molecule has 2 unspecified atom stereocenters. The second-order valence-corrected chi connectivity index (χ2v) is 8.41. The molecular formula is C21H44IN5O2. The molecule has 172 valence electrons. The number of rotatable bonds is 10. The van der Waals surface area contributed by atoms with Gasteiger partial charge in [-0.05, 0) is 41.0 Å². The maximum atomic E-state index is 5.68. The van der Waals surface area contributed by atoms with Crippen LogP contribution in [0.25, 0.3) is 0 Å². The summed E-state index contributed by atoms with van der Waals surface area (Å²) in [6, 6.07) is 1.54. The van der Waals surface area contributed by atoms with Crippen molar-refractivity contribution in [3.05, 3.63) is 0 Å². The van der Waals surface area contributed by atoms with Gasteiger partial charge in [-0.1, -0.05) is 0 Å². The van der Waals surface area contributed by atoms with Gasteiger partial charge in [0.05, 0.1) is 26.4 Å². The average molecular weight is 526 g/mol. The number of morpholine rings is 1. The first kappa shape index (κ1) is 26.9. The Kier molecular flexibility index (Phi) is 13.7. The minimum absolute atomic E-state index is 0. The highest BCUT2D eigenvalue weighted by molar-refractivity contribution is 14.0. The molecule has 0 aliphatic carbocycles. The van der Waals surface area contributed by atoms with Crippen molar-refractivity contribution in [2.75, 3.05) is 65.7 Å². The van der Waals surface area contributed by atoms with Crippen molar-refractivity contribution in [3.8, 4) is 0 Å². The summed E-state index contributed by atoms with van der Waals surface area (Å²) >= 11 is 0. The molecule has 7 nitrogen and oxygen atoms in total. The van der Waals surface area contributed by atoms with Crippen LogP contribution in [0.15, 0.2) is 4.99 Å². The Morgan fingerprint density at radius 3 is 2.31 bits per heavy atom. The van der Waals surface area contributed by atoms with Gasteiger partial charge in [-0.25, -0.2) is 0 Å². The van der Waals surface area contributed by atoms with Crippen molar-refractivity contribution >= 4 is 29.9 Å². The summed E-state index contributed by atoms with van der Waals surface area (Å²) in [4.78, 5) is 10.0. The molecule has 0 aromatic carbocycles. The smallest absolute Gasteiger partial charge is 0.191 e. The number of hydrogen-bond donors (Lipinski definition) is 2. The highest BCUT2D eigenvalue weighted by Crippen LogP contribution is 2.22. The Balaban J connectivity index is 0.00000420. The Hall–Kier alpha value is -0.160. The van der Waals surface area contributed by atoms with Crippen molar-refractivity contribution in [2.45, 2.75) is 59.2 Å². The predicted molar refractivity (Wildman–Crippen MR) is 131 cm³/mol. The van der Waals surface area contributed by atoms with Crippen LogP contribution in [0.5, 0.6) is 0 Å². The van der Waals surface area contributed by atoms with Crippen LogP contribution in [0, 0.1) is 5.92 Å². The number of hydrogen-bond acceptors (Lipinski definition) is 5. The minimum Gasteiger partial charge on any atom is -0.381 e. The zero-order valence-corrected chi connectivity index (χ0v) is 21.5. The van der Waals surface area contributed by atoms with Gasteiger partial charge >= 0.3 is 0 Å². The molecule has 2 heterocycles. The molecule has 0 saturated carbocycles. The van der Waals surface area contributed by atoms with Gasteiger partial charge in [-0.2, -0.15) is 0 Å². The van der Waals surface area contributed by atoms with E-state index in [-0.39, 0.29) is 24.0 Å². The van der Waals surface area contributed by atoms with Gasteiger partial charge < -0.3 is 20.1 Å². The van der Waals surface area contributed by atoms with Gasteiger partial charge in [-0.3, -0.25) is 14.8 Å². The number of guanidine groups is 1. The van der Waals surface area contributed by atoms with Crippen molar-refractivity contribution in [3.63, 3.8) is 0 Å². The summed E-state index contributed by atoms with van der Waals surface area (Å²) < 4.78 is 11.2. The summed E-state index contributed by atoms with van der Waals surface area (Å²) in [6.07, 6.45) is 1.14. The van der Waals surface area contributed by atoms with Gasteiger partial charge in [0.1, 0.15) is 0 Å². The van der Waals surface area contributed by atoms with Gasteiger partial charge in [0.25, 0.3) is 0 Å². The second-order valence-electron chi connectivity index (χ2n) is 8.41. The normalized spacial score (nSPS) is 22.2. The molecule has 2 N–H and O–H groups in total. The van der Waals surface area contributed by atoms with Gasteiger partial charge in [-0.15, -0.1) is 24.0 Å². The Morgan fingerprint density at radius 2 is 1.76 bits per heavy atom. The number of halogens is 1. The molecule has 0 aromatic rings. The third kappa shape index (κ3) is 9.25. The highest BCUT2D eigenvalue weighted by atomic mass is 127. The fourth-order valence-corrected chi connectivity index (χ4v) is 4.27. The van der Waals surface area contributed by atoms with E-state index in [4.69, 9.17) is 14.5 Å². The summed E-state index contributed by atoms with van der Waals surface area (Å²) in [5, 5.41) is 6.94. The maximum Gasteiger partial charge on any atom is 0.191 e. The number of nitrogens with zero attached hydrogens (tertiary/aromatic N) is 3. The molecule has 2 saturated heterocycles. The van der Waals surface area contributed by atoms with E-state index in [1.165, 1.54) is 0 Å². The number of nitrogens with one attached hydrogen (secondary N) is 2. The number of ether oxygens (including phenoxy) is 2. The van der Waals surface area contributed by atoms with E-state index < -0.39 is 0 Å². The topological polar surface area (TPSA) is 61.4 Å². The van der Waals surface area contributed by atoms with E-state index in [2.05, 4.69) is 55.1 Å². The predicted octanol–water partition coefficient (Wildman–Crippen LogP) is 2.02.